The van der Waals surface area contributed by atoms with E-state index in [2.05, 4.69) is 10.2 Å². The zero-order chi connectivity index (χ0) is 11.0. The van der Waals surface area contributed by atoms with E-state index in [4.69, 9.17) is 17.3 Å². The van der Waals surface area contributed by atoms with Gasteiger partial charge in [0.2, 0.25) is 0 Å². The normalized spacial score (nSPS) is 10.6. The van der Waals surface area contributed by atoms with E-state index in [0.717, 1.165) is 6.07 Å². The largest absolute Gasteiger partial charge is 0.380 e. The molecule has 1 aromatic carbocycles. The quantitative estimate of drug-likeness (QED) is 0.790. The van der Waals surface area contributed by atoms with Crippen LogP contribution in [0.25, 0.3) is 11.3 Å². The van der Waals surface area contributed by atoms with Crippen LogP contribution in [0.2, 0.25) is 5.02 Å². The summed E-state index contributed by atoms with van der Waals surface area (Å²) >= 11 is 5.79. The van der Waals surface area contributed by atoms with Crippen LogP contribution in [-0.2, 0) is 0 Å². The zero-order valence-corrected chi connectivity index (χ0v) is 8.15. The fraction of sp³-hybridized carbons (Fsp3) is 0. The Morgan fingerprint density at radius 3 is 2.67 bits per heavy atom. The Hall–Kier alpha value is -1.62. The van der Waals surface area contributed by atoms with Crippen LogP contribution < -0.4 is 5.73 Å². The van der Waals surface area contributed by atoms with Crippen LogP contribution in [-0.4, -0.2) is 10.2 Å². The fourth-order valence-corrected chi connectivity index (χ4v) is 1.42. The van der Waals surface area contributed by atoms with E-state index in [1.807, 2.05) is 0 Å². The highest BCUT2D eigenvalue weighted by Crippen LogP contribution is 2.30. The van der Waals surface area contributed by atoms with Crippen molar-refractivity contribution in [2.75, 3.05) is 5.73 Å². The van der Waals surface area contributed by atoms with Crippen molar-refractivity contribution in [1.29, 1.82) is 0 Å². The molecule has 6 heteroatoms. The summed E-state index contributed by atoms with van der Waals surface area (Å²) in [7, 11) is 0. The Kier molecular flexibility index (Phi) is 2.32. The van der Waals surface area contributed by atoms with Crippen LogP contribution in [0.4, 0.5) is 14.6 Å². The van der Waals surface area contributed by atoms with Gasteiger partial charge in [-0.1, -0.05) is 11.6 Å². The van der Waals surface area contributed by atoms with Gasteiger partial charge in [-0.3, -0.25) is 5.10 Å². The minimum absolute atomic E-state index is 0.0167. The number of nitrogens with two attached hydrogens (primary N) is 1. The average molecular weight is 230 g/mol. The van der Waals surface area contributed by atoms with Crippen molar-refractivity contribution in [3.8, 4) is 11.3 Å². The number of aromatic nitrogens is 2. The standard InChI is InChI=1S/C9H6ClF2N3/c10-6-2-1-4(11)3-5(6)8-7(12)9(13)15-14-8/h1-3H,(H3,13,14,15). The second kappa shape index (κ2) is 3.51. The van der Waals surface area contributed by atoms with Gasteiger partial charge in [0.15, 0.2) is 11.6 Å². The molecule has 78 valence electrons. The van der Waals surface area contributed by atoms with Gasteiger partial charge in [0.1, 0.15) is 11.5 Å². The topological polar surface area (TPSA) is 54.7 Å². The maximum absolute atomic E-state index is 13.4. The molecule has 0 aliphatic heterocycles. The number of hydrogen-bond acceptors (Lipinski definition) is 2. The molecule has 2 rings (SSSR count). The van der Waals surface area contributed by atoms with Gasteiger partial charge in [0.25, 0.3) is 0 Å². The van der Waals surface area contributed by atoms with E-state index in [9.17, 15) is 8.78 Å². The van der Waals surface area contributed by atoms with E-state index in [0.29, 0.717) is 0 Å². The molecule has 0 saturated heterocycles. The Morgan fingerprint density at radius 2 is 2.07 bits per heavy atom. The summed E-state index contributed by atoms with van der Waals surface area (Å²) in [5, 5.41) is 6.04. The summed E-state index contributed by atoms with van der Waals surface area (Å²) in [6, 6.07) is 3.63. The van der Waals surface area contributed by atoms with Crippen LogP contribution >= 0.6 is 11.6 Å². The molecule has 0 unspecified atom stereocenters. The monoisotopic (exact) mass is 229 g/mol. The minimum Gasteiger partial charge on any atom is -0.380 e. The highest BCUT2D eigenvalue weighted by atomic mass is 35.5. The van der Waals surface area contributed by atoms with Gasteiger partial charge >= 0.3 is 0 Å². The van der Waals surface area contributed by atoms with Gasteiger partial charge in [-0.25, -0.2) is 8.78 Å². The van der Waals surface area contributed by atoms with Crippen LogP contribution in [0.15, 0.2) is 18.2 Å². The first-order chi connectivity index (χ1) is 7.09. The second-order valence-electron chi connectivity index (χ2n) is 2.92. The number of nitrogens with zero attached hydrogens (tertiary/aromatic N) is 1. The van der Waals surface area contributed by atoms with Crippen molar-refractivity contribution in [1.82, 2.24) is 10.2 Å². The third-order valence-electron chi connectivity index (χ3n) is 1.93. The molecule has 0 amide bonds. The second-order valence-corrected chi connectivity index (χ2v) is 3.33. The van der Waals surface area contributed by atoms with Crippen LogP contribution in [0.5, 0.6) is 0 Å². The molecule has 0 atom stereocenters. The van der Waals surface area contributed by atoms with Gasteiger partial charge in [-0.2, -0.15) is 5.10 Å². The predicted molar refractivity (Wildman–Crippen MR) is 53.4 cm³/mol. The lowest BCUT2D eigenvalue weighted by Gasteiger charge is -2.01. The molecule has 0 bridgehead atoms. The summed E-state index contributed by atoms with van der Waals surface area (Å²) in [5.41, 5.74) is 5.39. The summed E-state index contributed by atoms with van der Waals surface area (Å²) in [4.78, 5) is 0. The molecule has 15 heavy (non-hydrogen) atoms. The summed E-state index contributed by atoms with van der Waals surface area (Å²) in [6.45, 7) is 0. The van der Waals surface area contributed by atoms with Crippen molar-refractivity contribution in [3.63, 3.8) is 0 Å². The first-order valence-electron chi connectivity index (χ1n) is 4.04. The van der Waals surface area contributed by atoms with Crippen molar-refractivity contribution < 1.29 is 8.78 Å². The van der Waals surface area contributed by atoms with E-state index in [1.165, 1.54) is 12.1 Å². The number of benzene rings is 1. The maximum Gasteiger partial charge on any atom is 0.192 e. The summed E-state index contributed by atoms with van der Waals surface area (Å²) in [6.07, 6.45) is 0. The molecule has 0 aliphatic carbocycles. The lowest BCUT2D eigenvalue weighted by atomic mass is 10.1. The summed E-state index contributed by atoms with van der Waals surface area (Å²) < 4.78 is 26.3. The van der Waals surface area contributed by atoms with Gasteiger partial charge in [0, 0.05) is 5.56 Å². The molecule has 0 radical (unpaired) electrons. The first kappa shape index (κ1) is 9.92. The molecule has 2 aromatic rings. The third kappa shape index (κ3) is 1.66. The van der Waals surface area contributed by atoms with Gasteiger partial charge < -0.3 is 5.73 Å². The molecule has 3 N–H and O–H groups in total. The van der Waals surface area contributed by atoms with Crippen LogP contribution in [0, 0.1) is 11.6 Å². The average Bonchev–Trinajstić information content (AvgIpc) is 2.52. The number of anilines is 1. The Labute approximate surface area is 88.9 Å². The Morgan fingerprint density at radius 1 is 1.33 bits per heavy atom. The highest BCUT2D eigenvalue weighted by molar-refractivity contribution is 6.33. The minimum atomic E-state index is -0.734. The van der Waals surface area contributed by atoms with E-state index < -0.39 is 11.6 Å². The third-order valence-corrected chi connectivity index (χ3v) is 2.26. The number of rotatable bonds is 1. The van der Waals surface area contributed by atoms with Gasteiger partial charge in [-0.05, 0) is 18.2 Å². The zero-order valence-electron chi connectivity index (χ0n) is 7.39. The lowest BCUT2D eigenvalue weighted by molar-refractivity contribution is 0.626. The van der Waals surface area contributed by atoms with E-state index >= 15 is 0 Å². The molecule has 0 aliphatic rings. The smallest absolute Gasteiger partial charge is 0.192 e. The molecule has 0 fully saturated rings. The number of H-pyrrole nitrogens is 1. The molecular weight excluding hydrogens is 224 g/mol. The van der Waals surface area contributed by atoms with Crippen molar-refractivity contribution in [2.24, 2.45) is 0 Å². The number of nitrogens with one attached hydrogen (secondary N) is 1. The van der Waals surface area contributed by atoms with Crippen molar-refractivity contribution >= 4 is 17.4 Å². The number of aromatic amines is 1. The maximum atomic E-state index is 13.4. The SMILES string of the molecule is Nc1n[nH]c(-c2cc(F)ccc2Cl)c1F. The molecular formula is C9H6ClF2N3. The lowest BCUT2D eigenvalue weighted by Crippen LogP contribution is -1.88. The Bertz CT molecular complexity index is 510. The van der Waals surface area contributed by atoms with Crippen LogP contribution in [0.3, 0.4) is 0 Å². The van der Waals surface area contributed by atoms with Gasteiger partial charge in [-0.15, -0.1) is 0 Å². The number of nitrogen functional groups attached to an aromatic ring is 1. The van der Waals surface area contributed by atoms with Gasteiger partial charge in [0.05, 0.1) is 5.02 Å². The molecule has 0 spiro atoms. The number of hydrogen-bond donors (Lipinski definition) is 2. The van der Waals surface area contributed by atoms with Crippen molar-refractivity contribution in [2.45, 2.75) is 0 Å². The molecule has 1 heterocycles. The fourth-order valence-electron chi connectivity index (χ4n) is 1.21. The molecule has 3 nitrogen and oxygen atoms in total. The predicted octanol–water partition coefficient (Wildman–Crippen LogP) is 2.59. The highest BCUT2D eigenvalue weighted by Gasteiger charge is 2.15. The van der Waals surface area contributed by atoms with Crippen molar-refractivity contribution in [3.05, 3.63) is 34.9 Å². The number of halogens is 3. The molecule has 1 aromatic heterocycles. The Balaban J connectivity index is 2.63. The molecule has 0 saturated carbocycles. The summed E-state index contributed by atoms with van der Waals surface area (Å²) in [5.74, 6) is -1.52. The van der Waals surface area contributed by atoms with E-state index in [1.54, 1.807) is 0 Å². The first-order valence-corrected chi connectivity index (χ1v) is 4.42. The van der Waals surface area contributed by atoms with Crippen LogP contribution in [0.1, 0.15) is 0 Å². The van der Waals surface area contributed by atoms with E-state index in [-0.39, 0.29) is 22.1 Å².